The maximum absolute atomic E-state index is 12.7. The van der Waals surface area contributed by atoms with E-state index in [9.17, 15) is 28.1 Å². The summed E-state index contributed by atoms with van der Waals surface area (Å²) in [5, 5.41) is 13.9. The van der Waals surface area contributed by atoms with Crippen LogP contribution in [-0.4, -0.2) is 34.9 Å². The third kappa shape index (κ3) is 3.91. The number of anilines is 1. The average molecular weight is 331 g/mol. The molecule has 1 aromatic rings. The van der Waals surface area contributed by atoms with Crippen LogP contribution in [0.5, 0.6) is 0 Å². The van der Waals surface area contributed by atoms with Crippen molar-refractivity contribution in [3.05, 3.63) is 33.9 Å². The second-order valence-electron chi connectivity index (χ2n) is 5.31. The molecule has 9 heteroatoms. The van der Waals surface area contributed by atoms with Gasteiger partial charge >= 0.3 is 6.18 Å². The van der Waals surface area contributed by atoms with Gasteiger partial charge in [-0.1, -0.05) is 6.92 Å². The third-order valence-corrected chi connectivity index (χ3v) is 3.72. The Hall–Kier alpha value is -2.32. The van der Waals surface area contributed by atoms with E-state index in [4.69, 9.17) is 0 Å². The summed E-state index contributed by atoms with van der Waals surface area (Å²) in [5.74, 6) is -0.0174. The Morgan fingerprint density at radius 3 is 2.74 bits per heavy atom. The first kappa shape index (κ1) is 17.0. The number of nitro benzene ring substituents is 1. The lowest BCUT2D eigenvalue weighted by molar-refractivity contribution is -0.384. The van der Waals surface area contributed by atoms with Crippen LogP contribution in [-0.2, 0) is 11.0 Å². The van der Waals surface area contributed by atoms with Crippen LogP contribution in [0.1, 0.15) is 25.3 Å². The molecule has 1 aromatic carbocycles. The Bertz CT molecular complexity index is 619. The molecule has 0 radical (unpaired) electrons. The van der Waals surface area contributed by atoms with Crippen LogP contribution in [0.25, 0.3) is 0 Å². The summed E-state index contributed by atoms with van der Waals surface area (Å²) in [6.45, 7) is 2.65. The number of carbonyl (C=O) groups is 1. The predicted molar refractivity (Wildman–Crippen MR) is 77.0 cm³/mol. The fourth-order valence-corrected chi connectivity index (χ4v) is 2.53. The molecule has 1 fully saturated rings. The van der Waals surface area contributed by atoms with Crippen molar-refractivity contribution in [3.63, 3.8) is 0 Å². The molecule has 1 N–H and O–H groups in total. The number of hydrogen-bond acceptors (Lipinski definition) is 4. The van der Waals surface area contributed by atoms with Crippen molar-refractivity contribution in [1.29, 1.82) is 0 Å². The Labute approximate surface area is 130 Å². The van der Waals surface area contributed by atoms with Crippen LogP contribution in [0.15, 0.2) is 18.2 Å². The van der Waals surface area contributed by atoms with Crippen LogP contribution in [0.2, 0.25) is 0 Å². The van der Waals surface area contributed by atoms with Gasteiger partial charge in [0.1, 0.15) is 5.69 Å². The van der Waals surface area contributed by atoms with Crippen LogP contribution in [0.3, 0.4) is 0 Å². The zero-order valence-corrected chi connectivity index (χ0v) is 12.4. The molecular weight excluding hydrogens is 315 g/mol. The summed E-state index contributed by atoms with van der Waals surface area (Å²) in [5.41, 5.74) is -1.66. The topological polar surface area (TPSA) is 75.5 Å². The lowest BCUT2D eigenvalue weighted by Crippen LogP contribution is -2.31. The van der Waals surface area contributed by atoms with Gasteiger partial charge in [-0.15, -0.1) is 0 Å². The minimum Gasteiger partial charge on any atom is -0.375 e. The van der Waals surface area contributed by atoms with E-state index in [1.54, 1.807) is 11.8 Å². The fourth-order valence-electron chi connectivity index (χ4n) is 2.53. The Morgan fingerprint density at radius 1 is 1.48 bits per heavy atom. The first-order valence-corrected chi connectivity index (χ1v) is 7.12. The van der Waals surface area contributed by atoms with Gasteiger partial charge in [0.2, 0.25) is 5.91 Å². The Morgan fingerprint density at radius 2 is 2.17 bits per heavy atom. The maximum Gasteiger partial charge on any atom is 0.416 e. The molecule has 23 heavy (non-hydrogen) atoms. The Kier molecular flexibility index (Phi) is 4.76. The molecule has 1 atom stereocenters. The highest BCUT2D eigenvalue weighted by molar-refractivity contribution is 5.76. The zero-order valence-electron chi connectivity index (χ0n) is 12.4. The summed E-state index contributed by atoms with van der Waals surface area (Å²) in [7, 11) is 0. The lowest BCUT2D eigenvalue weighted by Gasteiger charge is -2.17. The second kappa shape index (κ2) is 6.43. The molecule has 0 spiro atoms. The third-order valence-electron chi connectivity index (χ3n) is 3.72. The minimum absolute atomic E-state index is 0.0174. The molecule has 0 aromatic heterocycles. The molecule has 1 unspecified atom stereocenters. The maximum atomic E-state index is 12.7. The molecular formula is C14H16F3N3O3. The van der Waals surface area contributed by atoms with Crippen LogP contribution in [0.4, 0.5) is 24.5 Å². The number of amides is 1. The standard InChI is InChI=1S/C14H16F3N3O3/c1-2-13(21)19-6-5-10(8-19)18-11-4-3-9(14(15,16)17)7-12(11)20(22)23/h3-4,7,10,18H,2,5-6,8H2,1H3. The average Bonchev–Trinajstić information content (AvgIpc) is 2.94. The van der Waals surface area contributed by atoms with Gasteiger partial charge in [-0.2, -0.15) is 13.2 Å². The normalized spacial score (nSPS) is 18.1. The monoisotopic (exact) mass is 331 g/mol. The second-order valence-corrected chi connectivity index (χ2v) is 5.31. The van der Waals surface area contributed by atoms with E-state index in [2.05, 4.69) is 5.32 Å². The van der Waals surface area contributed by atoms with Crippen molar-refractivity contribution < 1.29 is 22.9 Å². The summed E-state index contributed by atoms with van der Waals surface area (Å²) in [6, 6.07) is 2.16. The summed E-state index contributed by atoms with van der Waals surface area (Å²) < 4.78 is 38.0. The minimum atomic E-state index is -4.64. The number of nitrogens with zero attached hydrogens (tertiary/aromatic N) is 2. The van der Waals surface area contributed by atoms with E-state index < -0.39 is 22.4 Å². The number of halogens is 3. The first-order valence-electron chi connectivity index (χ1n) is 7.12. The molecule has 6 nitrogen and oxygen atoms in total. The summed E-state index contributed by atoms with van der Waals surface area (Å²) in [4.78, 5) is 23.4. The van der Waals surface area contributed by atoms with Crippen molar-refractivity contribution in [2.75, 3.05) is 18.4 Å². The number of hydrogen-bond donors (Lipinski definition) is 1. The fraction of sp³-hybridized carbons (Fsp3) is 0.500. The number of benzene rings is 1. The van der Waals surface area contributed by atoms with Crippen molar-refractivity contribution in [2.45, 2.75) is 32.0 Å². The number of likely N-dealkylation sites (tertiary alicyclic amines) is 1. The molecule has 1 heterocycles. The highest BCUT2D eigenvalue weighted by atomic mass is 19.4. The van der Waals surface area contributed by atoms with E-state index in [0.717, 1.165) is 12.1 Å². The molecule has 1 saturated heterocycles. The highest BCUT2D eigenvalue weighted by Gasteiger charge is 2.34. The number of nitro groups is 1. The van der Waals surface area contributed by atoms with E-state index in [1.165, 1.54) is 0 Å². The van der Waals surface area contributed by atoms with Gasteiger partial charge < -0.3 is 10.2 Å². The molecule has 0 bridgehead atoms. The van der Waals surface area contributed by atoms with Crippen molar-refractivity contribution in [3.8, 4) is 0 Å². The van der Waals surface area contributed by atoms with Gasteiger partial charge in [-0.3, -0.25) is 14.9 Å². The first-order chi connectivity index (χ1) is 10.7. The SMILES string of the molecule is CCC(=O)N1CCC(Nc2ccc(C(F)(F)F)cc2[N+](=O)[O-])C1. The number of rotatable bonds is 4. The highest BCUT2D eigenvalue weighted by Crippen LogP contribution is 2.35. The zero-order chi connectivity index (χ0) is 17.2. The molecule has 2 rings (SSSR count). The number of alkyl halides is 3. The number of nitrogens with one attached hydrogen (secondary N) is 1. The molecule has 1 amide bonds. The quantitative estimate of drug-likeness (QED) is 0.680. The van der Waals surface area contributed by atoms with Crippen LogP contribution < -0.4 is 5.32 Å². The molecule has 0 saturated carbocycles. The summed E-state index contributed by atoms with van der Waals surface area (Å²) in [6.07, 6.45) is -3.68. The van der Waals surface area contributed by atoms with Crippen molar-refractivity contribution in [2.24, 2.45) is 0 Å². The van der Waals surface area contributed by atoms with Gasteiger partial charge in [0.15, 0.2) is 0 Å². The predicted octanol–water partition coefficient (Wildman–Crippen LogP) is 3.04. The Balaban J connectivity index is 2.17. The van der Waals surface area contributed by atoms with Crippen molar-refractivity contribution in [1.82, 2.24) is 4.90 Å². The number of carbonyl (C=O) groups excluding carboxylic acids is 1. The van der Waals surface area contributed by atoms with Crippen LogP contribution in [0, 0.1) is 10.1 Å². The molecule has 1 aliphatic rings. The molecule has 0 aliphatic carbocycles. The van der Waals surface area contributed by atoms with E-state index >= 15 is 0 Å². The molecule has 1 aliphatic heterocycles. The van der Waals surface area contributed by atoms with Crippen molar-refractivity contribution >= 4 is 17.3 Å². The van der Waals surface area contributed by atoms with Crippen LogP contribution >= 0.6 is 0 Å². The van der Waals surface area contributed by atoms with Gasteiger partial charge in [-0.25, -0.2) is 0 Å². The smallest absolute Gasteiger partial charge is 0.375 e. The lowest BCUT2D eigenvalue weighted by atomic mass is 10.1. The largest absolute Gasteiger partial charge is 0.416 e. The van der Waals surface area contributed by atoms with E-state index in [1.807, 2.05) is 0 Å². The van der Waals surface area contributed by atoms with Gasteiger partial charge in [-0.05, 0) is 18.6 Å². The van der Waals surface area contributed by atoms with Gasteiger partial charge in [0.25, 0.3) is 5.69 Å². The van der Waals surface area contributed by atoms with Gasteiger partial charge in [0, 0.05) is 31.6 Å². The molecule has 126 valence electrons. The van der Waals surface area contributed by atoms with E-state index in [-0.39, 0.29) is 17.6 Å². The van der Waals surface area contributed by atoms with E-state index in [0.29, 0.717) is 32.0 Å². The summed E-state index contributed by atoms with van der Waals surface area (Å²) >= 11 is 0. The van der Waals surface area contributed by atoms with Gasteiger partial charge in [0.05, 0.1) is 10.5 Å².